The zero-order valence-electron chi connectivity index (χ0n) is 17.3. The number of anilines is 1. The van der Waals surface area contributed by atoms with E-state index in [-0.39, 0.29) is 29.0 Å². The molecular formula is C22H22ClN3O5. The number of halogens is 1. The number of nitrogens with one attached hydrogen (secondary N) is 2. The van der Waals surface area contributed by atoms with Gasteiger partial charge in [-0.25, -0.2) is 4.79 Å². The summed E-state index contributed by atoms with van der Waals surface area (Å²) in [6.45, 7) is 3.82. The van der Waals surface area contributed by atoms with Crippen LogP contribution >= 0.6 is 11.6 Å². The van der Waals surface area contributed by atoms with Crippen LogP contribution in [0.5, 0.6) is 11.5 Å². The Hall–Kier alpha value is -3.52. The van der Waals surface area contributed by atoms with E-state index in [1.807, 2.05) is 19.1 Å². The molecule has 2 N–H and O–H groups in total. The van der Waals surface area contributed by atoms with Crippen molar-refractivity contribution in [1.82, 2.24) is 10.2 Å². The highest BCUT2D eigenvalue weighted by Crippen LogP contribution is 2.37. The lowest BCUT2D eigenvalue weighted by atomic mass is 10.1. The lowest BCUT2D eigenvalue weighted by molar-refractivity contribution is -0.122. The number of aryl methyl sites for hydroxylation is 1. The minimum atomic E-state index is -0.507. The molecule has 0 spiro atoms. The zero-order valence-corrected chi connectivity index (χ0v) is 18.1. The van der Waals surface area contributed by atoms with E-state index in [0.717, 1.165) is 10.5 Å². The van der Waals surface area contributed by atoms with Crippen LogP contribution in [0.4, 0.5) is 10.5 Å². The number of hydrogen-bond donors (Lipinski definition) is 2. The standard InChI is InChI=1S/C22H22ClN3O5/c1-4-30-18-11-14(10-17-21(28)26(3)22(29)25-17)9-16(23)20(18)31-12-19(27)24-15-7-5-13(2)6-8-15/h5-11H,4,12H2,1-3H3,(H,24,27)(H,25,29)/b17-10+. The molecule has 1 saturated heterocycles. The molecule has 1 fully saturated rings. The first kappa shape index (κ1) is 22.2. The van der Waals surface area contributed by atoms with Crippen LogP contribution in [0.2, 0.25) is 5.02 Å². The molecule has 0 aliphatic carbocycles. The highest BCUT2D eigenvalue weighted by molar-refractivity contribution is 6.32. The molecule has 0 radical (unpaired) electrons. The Morgan fingerprint density at radius 3 is 2.52 bits per heavy atom. The molecule has 0 atom stereocenters. The van der Waals surface area contributed by atoms with Gasteiger partial charge in [0.05, 0.1) is 11.6 Å². The van der Waals surface area contributed by atoms with Crippen LogP contribution in [-0.2, 0) is 9.59 Å². The molecule has 1 aliphatic heterocycles. The third-order valence-corrected chi connectivity index (χ3v) is 4.69. The summed E-state index contributed by atoms with van der Waals surface area (Å²) in [5, 5.41) is 5.43. The fraction of sp³-hybridized carbons (Fsp3) is 0.227. The highest BCUT2D eigenvalue weighted by atomic mass is 35.5. The number of benzene rings is 2. The Balaban J connectivity index is 1.76. The Morgan fingerprint density at radius 2 is 1.90 bits per heavy atom. The molecule has 31 heavy (non-hydrogen) atoms. The number of likely N-dealkylation sites (N-methyl/N-ethyl adjacent to an activating group) is 1. The molecule has 3 rings (SSSR count). The summed E-state index contributed by atoms with van der Waals surface area (Å²) in [6, 6.07) is 10.1. The Labute approximate surface area is 184 Å². The highest BCUT2D eigenvalue weighted by Gasteiger charge is 2.30. The molecule has 0 bridgehead atoms. The van der Waals surface area contributed by atoms with Crippen molar-refractivity contribution in [3.8, 4) is 11.5 Å². The van der Waals surface area contributed by atoms with Gasteiger partial charge >= 0.3 is 6.03 Å². The van der Waals surface area contributed by atoms with Crippen molar-refractivity contribution >= 4 is 41.2 Å². The summed E-state index contributed by atoms with van der Waals surface area (Å²) in [6.07, 6.45) is 1.49. The summed E-state index contributed by atoms with van der Waals surface area (Å²) in [7, 11) is 1.38. The van der Waals surface area contributed by atoms with Crippen molar-refractivity contribution in [2.75, 3.05) is 25.6 Å². The van der Waals surface area contributed by atoms with E-state index in [1.165, 1.54) is 13.1 Å². The second-order valence-corrected chi connectivity index (χ2v) is 7.23. The van der Waals surface area contributed by atoms with Crippen molar-refractivity contribution < 1.29 is 23.9 Å². The second-order valence-electron chi connectivity index (χ2n) is 6.82. The maximum atomic E-state index is 12.2. The number of imide groups is 1. The van der Waals surface area contributed by atoms with Crippen LogP contribution in [0, 0.1) is 6.92 Å². The lowest BCUT2D eigenvalue weighted by Crippen LogP contribution is -2.25. The average Bonchev–Trinajstić information content (AvgIpc) is 2.96. The lowest BCUT2D eigenvalue weighted by Gasteiger charge is -2.14. The van der Waals surface area contributed by atoms with Crippen molar-refractivity contribution in [2.24, 2.45) is 0 Å². The molecule has 0 aromatic heterocycles. The average molecular weight is 444 g/mol. The quantitative estimate of drug-likeness (QED) is 0.503. The smallest absolute Gasteiger partial charge is 0.328 e. The number of ether oxygens (including phenoxy) is 2. The Bertz CT molecular complexity index is 1050. The topological polar surface area (TPSA) is 97.0 Å². The summed E-state index contributed by atoms with van der Waals surface area (Å²) >= 11 is 6.36. The summed E-state index contributed by atoms with van der Waals surface area (Å²) in [5.41, 5.74) is 2.40. The monoisotopic (exact) mass is 443 g/mol. The predicted molar refractivity (Wildman–Crippen MR) is 117 cm³/mol. The fourth-order valence-electron chi connectivity index (χ4n) is 2.84. The van der Waals surface area contributed by atoms with Gasteiger partial charge in [-0.05, 0) is 49.8 Å². The first-order valence-electron chi connectivity index (χ1n) is 9.55. The molecule has 4 amide bonds. The minimum Gasteiger partial charge on any atom is -0.490 e. The van der Waals surface area contributed by atoms with Crippen LogP contribution in [-0.4, -0.2) is 43.0 Å². The fourth-order valence-corrected chi connectivity index (χ4v) is 3.11. The number of nitrogens with zero attached hydrogens (tertiary/aromatic N) is 1. The number of amides is 4. The zero-order chi connectivity index (χ0) is 22.5. The predicted octanol–water partition coefficient (Wildman–Crippen LogP) is 3.59. The van der Waals surface area contributed by atoms with E-state index < -0.39 is 11.9 Å². The number of carbonyl (C=O) groups is 3. The largest absolute Gasteiger partial charge is 0.490 e. The minimum absolute atomic E-state index is 0.122. The first-order valence-corrected chi connectivity index (χ1v) is 9.92. The van der Waals surface area contributed by atoms with Crippen molar-refractivity contribution in [3.05, 3.63) is 58.2 Å². The van der Waals surface area contributed by atoms with E-state index in [0.29, 0.717) is 23.6 Å². The van der Waals surface area contributed by atoms with Crippen molar-refractivity contribution in [1.29, 1.82) is 0 Å². The number of urea groups is 1. The molecule has 1 aliphatic rings. The van der Waals surface area contributed by atoms with Crippen LogP contribution < -0.4 is 20.1 Å². The summed E-state index contributed by atoms with van der Waals surface area (Å²) < 4.78 is 11.2. The van der Waals surface area contributed by atoms with Gasteiger partial charge in [-0.1, -0.05) is 29.3 Å². The van der Waals surface area contributed by atoms with Crippen LogP contribution in [0.3, 0.4) is 0 Å². The first-order chi connectivity index (χ1) is 14.8. The van der Waals surface area contributed by atoms with Gasteiger partial charge in [-0.2, -0.15) is 0 Å². The van der Waals surface area contributed by atoms with Crippen LogP contribution in [0.15, 0.2) is 42.1 Å². The van der Waals surface area contributed by atoms with Crippen LogP contribution in [0.25, 0.3) is 6.08 Å². The summed E-state index contributed by atoms with van der Waals surface area (Å²) in [4.78, 5) is 36.9. The maximum Gasteiger partial charge on any atom is 0.328 e. The molecule has 1 heterocycles. The van der Waals surface area contributed by atoms with Crippen molar-refractivity contribution in [2.45, 2.75) is 13.8 Å². The van der Waals surface area contributed by atoms with Gasteiger partial charge in [0, 0.05) is 12.7 Å². The molecule has 2 aromatic carbocycles. The number of rotatable bonds is 7. The molecule has 9 heteroatoms. The normalized spacial score (nSPS) is 14.6. The van der Waals surface area contributed by atoms with E-state index in [2.05, 4.69) is 10.6 Å². The maximum absolute atomic E-state index is 12.2. The van der Waals surface area contributed by atoms with Gasteiger partial charge in [0.1, 0.15) is 5.70 Å². The second kappa shape index (κ2) is 9.53. The van der Waals surface area contributed by atoms with E-state index >= 15 is 0 Å². The summed E-state index contributed by atoms with van der Waals surface area (Å²) in [5.74, 6) is -0.276. The number of hydrogen-bond acceptors (Lipinski definition) is 5. The molecule has 0 unspecified atom stereocenters. The third kappa shape index (κ3) is 5.35. The number of carbonyl (C=O) groups excluding carboxylic acids is 3. The SMILES string of the molecule is CCOc1cc(/C=C2/NC(=O)N(C)C2=O)cc(Cl)c1OCC(=O)Nc1ccc(C)cc1. The molecule has 0 saturated carbocycles. The Kier molecular flexibility index (Phi) is 6.81. The van der Waals surface area contributed by atoms with Gasteiger partial charge in [0.15, 0.2) is 18.1 Å². The van der Waals surface area contributed by atoms with Gasteiger partial charge < -0.3 is 20.1 Å². The molecule has 162 valence electrons. The van der Waals surface area contributed by atoms with E-state index in [9.17, 15) is 14.4 Å². The van der Waals surface area contributed by atoms with Crippen molar-refractivity contribution in [3.63, 3.8) is 0 Å². The van der Waals surface area contributed by atoms with Crippen LogP contribution in [0.1, 0.15) is 18.1 Å². The molecule has 8 nitrogen and oxygen atoms in total. The van der Waals surface area contributed by atoms with Gasteiger partial charge in [0.25, 0.3) is 11.8 Å². The van der Waals surface area contributed by atoms with Gasteiger partial charge in [-0.3, -0.25) is 14.5 Å². The van der Waals surface area contributed by atoms with Gasteiger partial charge in [-0.15, -0.1) is 0 Å². The Morgan fingerprint density at radius 1 is 1.19 bits per heavy atom. The molecule has 2 aromatic rings. The van der Waals surface area contributed by atoms with Gasteiger partial charge in [0.2, 0.25) is 0 Å². The van der Waals surface area contributed by atoms with E-state index in [4.69, 9.17) is 21.1 Å². The third-order valence-electron chi connectivity index (χ3n) is 4.41. The van der Waals surface area contributed by atoms with E-state index in [1.54, 1.807) is 31.2 Å². The molecular weight excluding hydrogens is 422 g/mol.